The number of hydrogen-bond acceptors (Lipinski definition) is 6. The van der Waals surface area contributed by atoms with Gasteiger partial charge < -0.3 is 23.8 Å². The van der Waals surface area contributed by atoms with Gasteiger partial charge in [-0.05, 0) is 72.5 Å². The molecule has 2 atom stereocenters. The third-order valence-electron chi connectivity index (χ3n) is 6.46. The summed E-state index contributed by atoms with van der Waals surface area (Å²) in [5, 5.41) is 0. The molecule has 0 unspecified atom stereocenters. The Morgan fingerprint density at radius 3 is 2.38 bits per heavy atom. The molecule has 3 aliphatic heterocycles. The average molecular weight is 401 g/mol. The molecule has 3 fully saturated rings. The number of amides is 1. The van der Waals surface area contributed by atoms with Crippen LogP contribution in [0, 0.1) is 0 Å². The first-order valence-electron chi connectivity index (χ1n) is 10.4. The van der Waals surface area contributed by atoms with Crippen LogP contribution in [-0.4, -0.2) is 65.1 Å². The van der Waals surface area contributed by atoms with Gasteiger partial charge in [-0.15, -0.1) is 0 Å². The van der Waals surface area contributed by atoms with Crippen molar-refractivity contribution in [1.82, 2.24) is 9.88 Å². The molecule has 0 radical (unpaired) electrons. The first-order valence-corrected chi connectivity index (χ1v) is 10.4. The number of carbonyl (C=O) groups is 1. The fourth-order valence-corrected chi connectivity index (χ4v) is 4.21. The van der Waals surface area contributed by atoms with E-state index < -0.39 is 12.7 Å². The number of aromatic nitrogens is 1. The molecule has 3 aliphatic rings. The zero-order valence-electron chi connectivity index (χ0n) is 18.6. The lowest BCUT2D eigenvalue weighted by atomic mass is 9.79. The van der Waals surface area contributed by atoms with Crippen LogP contribution in [0.5, 0.6) is 0 Å². The summed E-state index contributed by atoms with van der Waals surface area (Å²) in [4.78, 5) is 21.2. The highest BCUT2D eigenvalue weighted by Crippen LogP contribution is 2.37. The standard InChI is InChI=1S/C21H32BN3O4/c1-19(2,3)27-18(26)25-13-15-11-16(25)12-24(15)17-10-14(8-9-23-17)22-28-20(4,5)21(6,7)29-22/h8-10,15-16H,11-13H2,1-7H3/t15-,16-/m0/s1. The van der Waals surface area contributed by atoms with Gasteiger partial charge in [-0.1, -0.05) is 0 Å². The van der Waals surface area contributed by atoms with Crippen LogP contribution in [0.15, 0.2) is 18.3 Å². The van der Waals surface area contributed by atoms with Gasteiger partial charge >= 0.3 is 13.2 Å². The van der Waals surface area contributed by atoms with E-state index in [2.05, 4.69) is 43.6 Å². The van der Waals surface area contributed by atoms with Crippen LogP contribution in [0.25, 0.3) is 0 Å². The molecule has 4 rings (SSSR count). The van der Waals surface area contributed by atoms with Gasteiger partial charge in [0.1, 0.15) is 11.4 Å². The highest BCUT2D eigenvalue weighted by molar-refractivity contribution is 6.62. The predicted molar refractivity (Wildman–Crippen MR) is 112 cm³/mol. The Kier molecular flexibility index (Phi) is 4.66. The highest BCUT2D eigenvalue weighted by atomic mass is 16.7. The van der Waals surface area contributed by atoms with Crippen molar-refractivity contribution < 1.29 is 18.8 Å². The molecule has 0 saturated carbocycles. The van der Waals surface area contributed by atoms with Crippen LogP contribution in [0.3, 0.4) is 0 Å². The van der Waals surface area contributed by atoms with Crippen LogP contribution in [0.2, 0.25) is 0 Å². The molecule has 3 saturated heterocycles. The number of pyridine rings is 1. The molecule has 8 heteroatoms. The second kappa shape index (κ2) is 6.60. The molecule has 0 aromatic carbocycles. The third kappa shape index (κ3) is 3.72. The van der Waals surface area contributed by atoms with Crippen molar-refractivity contribution in [2.45, 2.75) is 83.8 Å². The minimum atomic E-state index is -0.475. The van der Waals surface area contributed by atoms with E-state index in [1.165, 1.54) is 0 Å². The van der Waals surface area contributed by atoms with E-state index in [1.54, 1.807) is 0 Å². The van der Waals surface area contributed by atoms with Gasteiger partial charge in [0.2, 0.25) is 0 Å². The van der Waals surface area contributed by atoms with E-state index in [4.69, 9.17) is 14.0 Å². The quantitative estimate of drug-likeness (QED) is 0.710. The minimum Gasteiger partial charge on any atom is -0.444 e. The molecule has 0 N–H and O–H groups in total. The molecule has 29 heavy (non-hydrogen) atoms. The molecule has 1 amide bonds. The molecule has 0 spiro atoms. The summed E-state index contributed by atoms with van der Waals surface area (Å²) in [6.07, 6.45) is 2.54. The summed E-state index contributed by atoms with van der Waals surface area (Å²) in [6.45, 7) is 15.4. The Morgan fingerprint density at radius 1 is 1.17 bits per heavy atom. The van der Waals surface area contributed by atoms with Crippen molar-refractivity contribution in [1.29, 1.82) is 0 Å². The Hall–Kier alpha value is -1.80. The van der Waals surface area contributed by atoms with E-state index in [9.17, 15) is 4.79 Å². The van der Waals surface area contributed by atoms with E-state index in [0.717, 1.165) is 24.2 Å². The maximum absolute atomic E-state index is 12.5. The molecular weight excluding hydrogens is 369 g/mol. The lowest BCUT2D eigenvalue weighted by Crippen LogP contribution is -2.50. The van der Waals surface area contributed by atoms with Crippen molar-refractivity contribution in [3.8, 4) is 0 Å². The number of ether oxygens (including phenoxy) is 1. The van der Waals surface area contributed by atoms with Crippen LogP contribution in [0.4, 0.5) is 10.6 Å². The van der Waals surface area contributed by atoms with Gasteiger partial charge in [0.25, 0.3) is 0 Å². The number of hydrogen-bond donors (Lipinski definition) is 0. The first kappa shape index (κ1) is 20.5. The number of rotatable bonds is 2. The number of anilines is 1. The molecule has 7 nitrogen and oxygen atoms in total. The number of carbonyl (C=O) groups excluding carboxylic acids is 1. The molecule has 2 bridgehead atoms. The van der Waals surface area contributed by atoms with Crippen molar-refractivity contribution in [2.24, 2.45) is 0 Å². The topological polar surface area (TPSA) is 64.1 Å². The smallest absolute Gasteiger partial charge is 0.444 e. The second-order valence-electron chi connectivity index (χ2n) is 10.4. The van der Waals surface area contributed by atoms with Crippen molar-refractivity contribution in [2.75, 3.05) is 18.0 Å². The lowest BCUT2D eigenvalue weighted by molar-refractivity contribution is 0.00578. The summed E-state index contributed by atoms with van der Waals surface area (Å²) >= 11 is 0. The normalized spacial score (nSPS) is 27.6. The summed E-state index contributed by atoms with van der Waals surface area (Å²) < 4.78 is 17.9. The highest BCUT2D eigenvalue weighted by Gasteiger charge is 2.52. The van der Waals surface area contributed by atoms with Gasteiger partial charge in [-0.3, -0.25) is 0 Å². The van der Waals surface area contributed by atoms with Crippen molar-refractivity contribution in [3.05, 3.63) is 18.3 Å². The Labute approximate surface area is 173 Å². The van der Waals surface area contributed by atoms with Crippen molar-refractivity contribution in [3.63, 3.8) is 0 Å². The lowest BCUT2D eigenvalue weighted by Gasteiger charge is -2.35. The summed E-state index contributed by atoms with van der Waals surface area (Å²) in [7, 11) is -0.403. The van der Waals surface area contributed by atoms with E-state index in [0.29, 0.717) is 6.54 Å². The first-order chi connectivity index (χ1) is 13.4. The van der Waals surface area contributed by atoms with E-state index in [1.807, 2.05) is 37.9 Å². The van der Waals surface area contributed by atoms with Crippen LogP contribution < -0.4 is 10.4 Å². The summed E-state index contributed by atoms with van der Waals surface area (Å²) in [6, 6.07) is 4.43. The molecule has 1 aromatic rings. The Morgan fingerprint density at radius 2 is 1.83 bits per heavy atom. The number of nitrogens with zero attached hydrogens (tertiary/aromatic N) is 3. The van der Waals surface area contributed by atoms with Gasteiger partial charge in [0, 0.05) is 19.3 Å². The van der Waals surface area contributed by atoms with Crippen LogP contribution >= 0.6 is 0 Å². The zero-order valence-corrected chi connectivity index (χ0v) is 18.6. The molecular formula is C21H32BN3O4. The van der Waals surface area contributed by atoms with Gasteiger partial charge in [0.15, 0.2) is 0 Å². The Balaban J connectivity index is 1.46. The summed E-state index contributed by atoms with van der Waals surface area (Å²) in [5.74, 6) is 0.911. The van der Waals surface area contributed by atoms with E-state index in [-0.39, 0.29) is 29.4 Å². The molecule has 158 valence electrons. The maximum atomic E-state index is 12.5. The minimum absolute atomic E-state index is 0.164. The fourth-order valence-electron chi connectivity index (χ4n) is 4.21. The summed E-state index contributed by atoms with van der Waals surface area (Å²) in [5.41, 5.74) is -0.249. The van der Waals surface area contributed by atoms with E-state index >= 15 is 0 Å². The SMILES string of the molecule is CC(C)(C)OC(=O)N1C[C@@H]2C[C@H]1CN2c1cc(B2OC(C)(C)C(C)(C)O2)ccn1. The molecule has 0 aliphatic carbocycles. The monoisotopic (exact) mass is 401 g/mol. The number of fused-ring (bicyclic) bond motifs is 2. The number of likely N-dealkylation sites (tertiary alicyclic amines) is 1. The zero-order chi connectivity index (χ0) is 21.2. The van der Waals surface area contributed by atoms with Gasteiger partial charge in [-0.2, -0.15) is 0 Å². The third-order valence-corrected chi connectivity index (χ3v) is 6.46. The predicted octanol–water partition coefficient (Wildman–Crippen LogP) is 2.58. The Bertz CT molecular complexity index is 791. The largest absolute Gasteiger partial charge is 0.495 e. The van der Waals surface area contributed by atoms with Crippen LogP contribution in [-0.2, 0) is 14.0 Å². The van der Waals surface area contributed by atoms with Crippen LogP contribution in [0.1, 0.15) is 54.9 Å². The van der Waals surface area contributed by atoms with Gasteiger partial charge in [-0.25, -0.2) is 9.78 Å². The van der Waals surface area contributed by atoms with Gasteiger partial charge in [0.05, 0.1) is 23.3 Å². The average Bonchev–Trinajstić information content (AvgIpc) is 3.25. The number of piperazine rings is 1. The molecule has 1 aromatic heterocycles. The maximum Gasteiger partial charge on any atom is 0.495 e. The molecule has 4 heterocycles. The second-order valence-corrected chi connectivity index (χ2v) is 10.4. The fraction of sp³-hybridized carbons (Fsp3) is 0.714. The van der Waals surface area contributed by atoms with Crippen molar-refractivity contribution >= 4 is 24.5 Å².